The fourth-order valence-electron chi connectivity index (χ4n) is 3.57. The Labute approximate surface area is 180 Å². The Bertz CT molecular complexity index is 942. The van der Waals surface area contributed by atoms with Crippen LogP contribution in [0.4, 0.5) is 5.69 Å². The standard InChI is InChI=1S/C22H24ClN3O4/c23-16-5-6-19-17(15-16)22(24-18-3-1-2-4-20(18)30-19)26-10-8-25(9-11-26)12-14-29-13-7-21(27)28/h1-6,15H,7-14H2,(H,27,28). The number of carboxylic acids is 1. The van der Waals surface area contributed by atoms with Gasteiger partial charge in [-0.1, -0.05) is 23.7 Å². The average molecular weight is 430 g/mol. The van der Waals surface area contributed by atoms with E-state index in [-0.39, 0.29) is 13.0 Å². The Kier molecular flexibility index (Phi) is 6.52. The molecule has 7 nitrogen and oxygen atoms in total. The molecule has 2 aromatic carbocycles. The number of amidine groups is 1. The van der Waals surface area contributed by atoms with Gasteiger partial charge in [0.25, 0.3) is 0 Å². The summed E-state index contributed by atoms with van der Waals surface area (Å²) in [5.41, 5.74) is 1.69. The highest BCUT2D eigenvalue weighted by atomic mass is 35.5. The summed E-state index contributed by atoms with van der Waals surface area (Å²) in [6.45, 7) is 4.97. The van der Waals surface area contributed by atoms with Gasteiger partial charge in [-0.25, -0.2) is 4.99 Å². The Balaban J connectivity index is 1.44. The zero-order chi connectivity index (χ0) is 20.9. The molecule has 2 aliphatic heterocycles. The highest BCUT2D eigenvalue weighted by molar-refractivity contribution is 6.31. The molecule has 0 amide bonds. The van der Waals surface area contributed by atoms with E-state index in [0.717, 1.165) is 61.3 Å². The molecule has 0 atom stereocenters. The number of carboxylic acid groups (broad SMARTS) is 1. The first-order valence-corrected chi connectivity index (χ1v) is 10.4. The van der Waals surface area contributed by atoms with Gasteiger partial charge in [0.1, 0.15) is 17.3 Å². The Morgan fingerprint density at radius 1 is 1.10 bits per heavy atom. The van der Waals surface area contributed by atoms with Gasteiger partial charge in [-0.05, 0) is 30.3 Å². The minimum absolute atomic E-state index is 0.0408. The van der Waals surface area contributed by atoms with E-state index in [1.807, 2.05) is 42.5 Å². The van der Waals surface area contributed by atoms with Crippen LogP contribution in [0.3, 0.4) is 0 Å². The van der Waals surface area contributed by atoms with Gasteiger partial charge in [0, 0.05) is 37.7 Å². The molecule has 0 aliphatic carbocycles. The SMILES string of the molecule is O=C(O)CCOCCN1CCN(C2=Nc3ccccc3Oc3ccc(Cl)cc32)CC1. The Hall–Kier alpha value is -2.61. The van der Waals surface area contributed by atoms with Crippen molar-refractivity contribution in [3.63, 3.8) is 0 Å². The number of aliphatic carboxylic acids is 1. The molecule has 0 radical (unpaired) electrons. The number of ether oxygens (including phenoxy) is 2. The molecule has 158 valence electrons. The number of nitrogens with zero attached hydrogens (tertiary/aromatic N) is 3. The summed E-state index contributed by atoms with van der Waals surface area (Å²) in [6.07, 6.45) is 0.0408. The van der Waals surface area contributed by atoms with Crippen LogP contribution < -0.4 is 4.74 Å². The normalized spacial score (nSPS) is 16.2. The lowest BCUT2D eigenvalue weighted by molar-refractivity contribution is -0.138. The number of fused-ring (bicyclic) bond motifs is 2. The quantitative estimate of drug-likeness (QED) is 0.707. The van der Waals surface area contributed by atoms with Gasteiger partial charge in [0.05, 0.1) is 25.2 Å². The average Bonchev–Trinajstić information content (AvgIpc) is 2.90. The van der Waals surface area contributed by atoms with Crippen molar-refractivity contribution in [2.24, 2.45) is 4.99 Å². The molecule has 1 N–H and O–H groups in total. The summed E-state index contributed by atoms with van der Waals surface area (Å²) < 4.78 is 11.5. The maximum Gasteiger partial charge on any atom is 0.305 e. The molecule has 0 saturated carbocycles. The van der Waals surface area contributed by atoms with E-state index >= 15 is 0 Å². The molecule has 2 aromatic rings. The molecule has 1 saturated heterocycles. The van der Waals surface area contributed by atoms with Gasteiger partial charge in [0.2, 0.25) is 0 Å². The van der Waals surface area contributed by atoms with Gasteiger partial charge < -0.3 is 19.5 Å². The molecule has 30 heavy (non-hydrogen) atoms. The smallest absolute Gasteiger partial charge is 0.305 e. The predicted octanol–water partition coefficient (Wildman–Crippen LogP) is 3.63. The van der Waals surface area contributed by atoms with Crippen LogP contribution in [0.5, 0.6) is 11.5 Å². The summed E-state index contributed by atoms with van der Waals surface area (Å²) in [4.78, 5) is 20.1. The molecule has 4 rings (SSSR count). The van der Waals surface area contributed by atoms with Crippen molar-refractivity contribution in [1.82, 2.24) is 9.80 Å². The molecular formula is C22H24ClN3O4. The van der Waals surface area contributed by atoms with Gasteiger partial charge in [-0.2, -0.15) is 0 Å². The maximum absolute atomic E-state index is 10.5. The lowest BCUT2D eigenvalue weighted by atomic mass is 10.1. The van der Waals surface area contributed by atoms with Gasteiger partial charge in [-0.3, -0.25) is 9.69 Å². The van der Waals surface area contributed by atoms with E-state index in [0.29, 0.717) is 11.6 Å². The number of hydrogen-bond donors (Lipinski definition) is 1. The van der Waals surface area contributed by atoms with E-state index in [9.17, 15) is 4.79 Å². The molecule has 0 spiro atoms. The molecule has 0 aromatic heterocycles. The fraction of sp³-hybridized carbons (Fsp3) is 0.364. The lowest BCUT2D eigenvalue weighted by Gasteiger charge is -2.36. The highest BCUT2D eigenvalue weighted by Crippen LogP contribution is 2.38. The number of piperazine rings is 1. The van der Waals surface area contributed by atoms with Gasteiger partial charge in [0.15, 0.2) is 5.75 Å². The van der Waals surface area contributed by atoms with Crippen molar-refractivity contribution in [3.05, 3.63) is 53.1 Å². The third-order valence-corrected chi connectivity index (χ3v) is 5.41. The van der Waals surface area contributed by atoms with Crippen molar-refractivity contribution < 1.29 is 19.4 Å². The zero-order valence-electron chi connectivity index (χ0n) is 16.6. The minimum atomic E-state index is -0.835. The first-order chi connectivity index (χ1) is 14.6. The molecule has 0 unspecified atom stereocenters. The molecule has 2 heterocycles. The molecule has 8 heteroatoms. The van der Waals surface area contributed by atoms with Crippen molar-refractivity contribution >= 4 is 29.1 Å². The van der Waals surface area contributed by atoms with Crippen molar-refractivity contribution in [2.45, 2.75) is 6.42 Å². The zero-order valence-corrected chi connectivity index (χ0v) is 17.3. The second-order valence-electron chi connectivity index (χ2n) is 7.23. The summed E-state index contributed by atoms with van der Waals surface area (Å²) in [6, 6.07) is 13.4. The van der Waals surface area contributed by atoms with Gasteiger partial charge in [-0.15, -0.1) is 0 Å². The van der Waals surface area contributed by atoms with E-state index < -0.39 is 5.97 Å². The third-order valence-electron chi connectivity index (χ3n) is 5.18. The number of benzene rings is 2. The molecule has 1 fully saturated rings. The number of aliphatic imine (C=N–C) groups is 1. The topological polar surface area (TPSA) is 74.6 Å². The number of rotatable bonds is 6. The van der Waals surface area contributed by atoms with Crippen molar-refractivity contribution in [1.29, 1.82) is 0 Å². The maximum atomic E-state index is 10.5. The van der Waals surface area contributed by atoms with Crippen molar-refractivity contribution in [2.75, 3.05) is 45.9 Å². The number of halogens is 1. The monoisotopic (exact) mass is 429 g/mol. The first kappa shape index (κ1) is 20.7. The number of para-hydroxylation sites is 2. The van der Waals surface area contributed by atoms with Crippen molar-refractivity contribution in [3.8, 4) is 11.5 Å². The Morgan fingerprint density at radius 3 is 2.70 bits per heavy atom. The second-order valence-corrected chi connectivity index (χ2v) is 7.67. The highest BCUT2D eigenvalue weighted by Gasteiger charge is 2.26. The molecule has 2 aliphatic rings. The van der Waals surface area contributed by atoms with E-state index in [4.69, 9.17) is 31.2 Å². The second kappa shape index (κ2) is 9.47. The van der Waals surface area contributed by atoms with Crippen LogP contribution in [0, 0.1) is 0 Å². The van der Waals surface area contributed by atoms with Crippen LogP contribution >= 0.6 is 11.6 Å². The van der Waals surface area contributed by atoms with Crippen LogP contribution in [-0.4, -0.2) is 72.6 Å². The fourth-order valence-corrected chi connectivity index (χ4v) is 3.75. The van der Waals surface area contributed by atoms with Crippen LogP contribution in [-0.2, 0) is 9.53 Å². The summed E-state index contributed by atoms with van der Waals surface area (Å²) in [5, 5.41) is 9.30. The van der Waals surface area contributed by atoms with E-state index in [2.05, 4.69) is 9.80 Å². The predicted molar refractivity (Wildman–Crippen MR) is 115 cm³/mol. The first-order valence-electron chi connectivity index (χ1n) is 10.0. The lowest BCUT2D eigenvalue weighted by Crippen LogP contribution is -2.49. The minimum Gasteiger partial charge on any atom is -0.481 e. The van der Waals surface area contributed by atoms with E-state index in [1.54, 1.807) is 0 Å². The van der Waals surface area contributed by atoms with Gasteiger partial charge >= 0.3 is 5.97 Å². The Morgan fingerprint density at radius 2 is 1.90 bits per heavy atom. The van der Waals surface area contributed by atoms with Crippen LogP contribution in [0.1, 0.15) is 12.0 Å². The third kappa shape index (κ3) is 4.92. The summed E-state index contributed by atoms with van der Waals surface area (Å²) in [5.74, 6) is 1.51. The van der Waals surface area contributed by atoms with Crippen LogP contribution in [0.25, 0.3) is 0 Å². The number of hydrogen-bond acceptors (Lipinski definition) is 6. The molecule has 0 bridgehead atoms. The summed E-state index contributed by atoms with van der Waals surface area (Å²) in [7, 11) is 0. The van der Waals surface area contributed by atoms with E-state index in [1.165, 1.54) is 0 Å². The summed E-state index contributed by atoms with van der Waals surface area (Å²) >= 11 is 6.28. The largest absolute Gasteiger partial charge is 0.481 e. The molecular weight excluding hydrogens is 406 g/mol. The van der Waals surface area contributed by atoms with Crippen LogP contribution in [0.2, 0.25) is 5.02 Å². The van der Waals surface area contributed by atoms with Crippen LogP contribution in [0.15, 0.2) is 47.5 Å². The number of carbonyl (C=O) groups is 1.